The SMILES string of the molecule is CSC(C)CCNc1nc(Cl)ccc1[N+](=O)[O-]. The molecule has 0 aromatic carbocycles. The van der Waals surface area contributed by atoms with Gasteiger partial charge in [0.2, 0.25) is 5.82 Å². The number of aromatic nitrogens is 1. The Balaban J connectivity index is 2.68. The standard InChI is InChI=1S/C10H14ClN3O2S/c1-7(17-2)5-6-12-10-8(14(15)16)3-4-9(11)13-10/h3-4,7H,5-6H2,1-2H3,(H,12,13). The van der Waals surface area contributed by atoms with Crippen molar-refractivity contribution >= 4 is 34.9 Å². The monoisotopic (exact) mass is 275 g/mol. The molecule has 1 aromatic rings. The average Bonchev–Trinajstić information content (AvgIpc) is 2.28. The van der Waals surface area contributed by atoms with E-state index in [1.54, 1.807) is 11.8 Å². The van der Waals surface area contributed by atoms with Crippen LogP contribution in [0.15, 0.2) is 12.1 Å². The summed E-state index contributed by atoms with van der Waals surface area (Å²) in [6, 6.07) is 2.77. The molecule has 0 saturated heterocycles. The van der Waals surface area contributed by atoms with Crippen molar-refractivity contribution in [2.24, 2.45) is 0 Å². The number of anilines is 1. The highest BCUT2D eigenvalue weighted by atomic mass is 35.5. The molecule has 1 unspecified atom stereocenters. The molecule has 0 saturated carbocycles. The van der Waals surface area contributed by atoms with Crippen molar-refractivity contribution in [3.8, 4) is 0 Å². The largest absolute Gasteiger partial charge is 0.364 e. The molecule has 5 nitrogen and oxygen atoms in total. The Bertz CT molecular complexity index is 403. The van der Waals surface area contributed by atoms with E-state index in [4.69, 9.17) is 11.6 Å². The maximum absolute atomic E-state index is 10.8. The van der Waals surface area contributed by atoms with E-state index in [9.17, 15) is 10.1 Å². The van der Waals surface area contributed by atoms with E-state index in [0.29, 0.717) is 11.8 Å². The first-order chi connectivity index (χ1) is 8.04. The highest BCUT2D eigenvalue weighted by Crippen LogP contribution is 2.24. The third-order valence-corrected chi connectivity index (χ3v) is 3.53. The van der Waals surface area contributed by atoms with Gasteiger partial charge in [0.05, 0.1) is 4.92 Å². The summed E-state index contributed by atoms with van der Waals surface area (Å²) in [7, 11) is 0. The highest BCUT2D eigenvalue weighted by molar-refractivity contribution is 7.99. The van der Waals surface area contributed by atoms with E-state index in [1.165, 1.54) is 12.1 Å². The molecule has 1 N–H and O–H groups in total. The summed E-state index contributed by atoms with van der Waals surface area (Å²) < 4.78 is 0. The normalized spacial score (nSPS) is 12.2. The summed E-state index contributed by atoms with van der Waals surface area (Å²) in [6.45, 7) is 2.74. The van der Waals surface area contributed by atoms with Crippen LogP contribution in [-0.4, -0.2) is 28.0 Å². The lowest BCUT2D eigenvalue weighted by molar-refractivity contribution is -0.384. The zero-order valence-corrected chi connectivity index (χ0v) is 11.2. The Kier molecular flexibility index (Phi) is 5.50. The number of nitrogens with zero attached hydrogens (tertiary/aromatic N) is 2. The second-order valence-corrected chi connectivity index (χ2v) is 5.18. The predicted molar refractivity (Wildman–Crippen MR) is 72.0 cm³/mol. The Hall–Kier alpha value is -1.01. The molecule has 0 bridgehead atoms. The van der Waals surface area contributed by atoms with Crippen LogP contribution in [0.3, 0.4) is 0 Å². The molecule has 17 heavy (non-hydrogen) atoms. The summed E-state index contributed by atoms with van der Waals surface area (Å²) in [5.74, 6) is 0.232. The van der Waals surface area contributed by atoms with Gasteiger partial charge in [0.15, 0.2) is 0 Å². The summed E-state index contributed by atoms with van der Waals surface area (Å²) in [6.07, 6.45) is 2.94. The zero-order valence-electron chi connectivity index (χ0n) is 9.64. The third-order valence-electron chi connectivity index (χ3n) is 2.28. The van der Waals surface area contributed by atoms with Gasteiger partial charge in [-0.1, -0.05) is 18.5 Å². The van der Waals surface area contributed by atoms with Gasteiger partial charge in [-0.25, -0.2) is 4.98 Å². The van der Waals surface area contributed by atoms with Crippen LogP contribution in [0.1, 0.15) is 13.3 Å². The number of halogens is 1. The molecule has 1 rings (SSSR count). The molecule has 0 radical (unpaired) electrons. The van der Waals surface area contributed by atoms with Crippen molar-refractivity contribution in [3.63, 3.8) is 0 Å². The summed E-state index contributed by atoms with van der Waals surface area (Å²) in [5.41, 5.74) is -0.0498. The van der Waals surface area contributed by atoms with Gasteiger partial charge in [0, 0.05) is 17.9 Å². The van der Waals surface area contributed by atoms with Gasteiger partial charge in [-0.05, 0) is 18.7 Å². The minimum Gasteiger partial charge on any atom is -0.364 e. The molecule has 0 aliphatic carbocycles. The first kappa shape index (κ1) is 14.1. The molecule has 0 aliphatic rings. The summed E-state index contributed by atoms with van der Waals surface area (Å²) in [4.78, 5) is 14.2. The molecule has 1 atom stereocenters. The van der Waals surface area contributed by atoms with E-state index in [2.05, 4.69) is 17.2 Å². The van der Waals surface area contributed by atoms with Crippen molar-refractivity contribution in [3.05, 3.63) is 27.4 Å². The number of pyridine rings is 1. The van der Waals surface area contributed by atoms with Crippen LogP contribution >= 0.6 is 23.4 Å². The van der Waals surface area contributed by atoms with Gasteiger partial charge < -0.3 is 5.32 Å². The molecule has 0 fully saturated rings. The van der Waals surface area contributed by atoms with Gasteiger partial charge >= 0.3 is 5.69 Å². The minimum atomic E-state index is -0.469. The van der Waals surface area contributed by atoms with Crippen LogP contribution in [0, 0.1) is 10.1 Å². The molecular formula is C10H14ClN3O2S. The molecule has 1 heterocycles. The van der Waals surface area contributed by atoms with Gasteiger partial charge in [0.1, 0.15) is 5.15 Å². The van der Waals surface area contributed by atoms with Gasteiger partial charge in [-0.2, -0.15) is 11.8 Å². The van der Waals surface area contributed by atoms with Crippen LogP contribution in [0.5, 0.6) is 0 Å². The van der Waals surface area contributed by atoms with Gasteiger partial charge in [0.25, 0.3) is 0 Å². The molecule has 7 heteroatoms. The Morgan fingerprint density at radius 1 is 1.65 bits per heavy atom. The lowest BCUT2D eigenvalue weighted by atomic mass is 10.3. The molecule has 0 spiro atoms. The van der Waals surface area contributed by atoms with Crippen molar-refractivity contribution in [2.75, 3.05) is 18.1 Å². The molecule has 0 aliphatic heterocycles. The second kappa shape index (κ2) is 6.66. The van der Waals surface area contributed by atoms with E-state index >= 15 is 0 Å². The van der Waals surface area contributed by atoms with Gasteiger partial charge in [-0.3, -0.25) is 10.1 Å². The fourth-order valence-electron chi connectivity index (χ4n) is 1.22. The zero-order chi connectivity index (χ0) is 12.8. The fraction of sp³-hybridized carbons (Fsp3) is 0.500. The molecular weight excluding hydrogens is 262 g/mol. The molecule has 94 valence electrons. The van der Waals surface area contributed by atoms with E-state index in [0.717, 1.165) is 6.42 Å². The highest BCUT2D eigenvalue weighted by Gasteiger charge is 2.15. The predicted octanol–water partition coefficient (Wildman–Crippen LogP) is 3.20. The van der Waals surface area contributed by atoms with Crippen molar-refractivity contribution in [2.45, 2.75) is 18.6 Å². The second-order valence-electron chi connectivity index (χ2n) is 3.52. The maximum atomic E-state index is 10.8. The van der Waals surface area contributed by atoms with Crippen LogP contribution in [0.2, 0.25) is 5.15 Å². The van der Waals surface area contributed by atoms with E-state index < -0.39 is 4.92 Å². The Labute approximate surface area is 109 Å². The van der Waals surface area contributed by atoms with Crippen LogP contribution in [0.25, 0.3) is 0 Å². The minimum absolute atomic E-state index is 0.0498. The summed E-state index contributed by atoms with van der Waals surface area (Å²) in [5, 5.41) is 14.5. The number of hydrogen-bond acceptors (Lipinski definition) is 5. The van der Waals surface area contributed by atoms with E-state index in [1.807, 2.05) is 6.26 Å². The molecule has 0 amide bonds. The van der Waals surface area contributed by atoms with E-state index in [-0.39, 0.29) is 16.7 Å². The number of hydrogen-bond donors (Lipinski definition) is 1. The quantitative estimate of drug-likeness (QED) is 0.490. The number of nitrogens with one attached hydrogen (secondary N) is 1. The first-order valence-corrected chi connectivity index (χ1v) is 6.78. The maximum Gasteiger partial charge on any atom is 0.311 e. The van der Waals surface area contributed by atoms with Crippen molar-refractivity contribution in [1.82, 2.24) is 4.98 Å². The smallest absolute Gasteiger partial charge is 0.311 e. The Morgan fingerprint density at radius 3 is 2.94 bits per heavy atom. The lowest BCUT2D eigenvalue weighted by Gasteiger charge is -2.09. The summed E-state index contributed by atoms with van der Waals surface area (Å²) >= 11 is 7.47. The fourth-order valence-corrected chi connectivity index (χ4v) is 1.72. The third kappa shape index (κ3) is 4.40. The van der Waals surface area contributed by atoms with Crippen LogP contribution in [0.4, 0.5) is 11.5 Å². The average molecular weight is 276 g/mol. The van der Waals surface area contributed by atoms with Crippen molar-refractivity contribution in [1.29, 1.82) is 0 Å². The molecule has 1 aromatic heterocycles. The lowest BCUT2D eigenvalue weighted by Crippen LogP contribution is -2.10. The van der Waals surface area contributed by atoms with Crippen LogP contribution in [-0.2, 0) is 0 Å². The topological polar surface area (TPSA) is 68.1 Å². The Morgan fingerprint density at radius 2 is 2.35 bits per heavy atom. The number of rotatable bonds is 6. The number of nitro groups is 1. The van der Waals surface area contributed by atoms with Gasteiger partial charge in [-0.15, -0.1) is 0 Å². The van der Waals surface area contributed by atoms with Crippen LogP contribution < -0.4 is 5.32 Å². The first-order valence-electron chi connectivity index (χ1n) is 5.12. The number of thioether (sulfide) groups is 1. The van der Waals surface area contributed by atoms with Crippen molar-refractivity contribution < 1.29 is 4.92 Å².